The summed E-state index contributed by atoms with van der Waals surface area (Å²) in [5, 5.41) is 16.4. The van der Waals surface area contributed by atoms with E-state index in [1.807, 2.05) is 20.8 Å². The van der Waals surface area contributed by atoms with Crippen LogP contribution in [-0.2, 0) is 12.0 Å². The van der Waals surface area contributed by atoms with Crippen molar-refractivity contribution < 1.29 is 5.11 Å². The van der Waals surface area contributed by atoms with Crippen LogP contribution in [0.4, 0.5) is 5.69 Å². The third-order valence-corrected chi connectivity index (χ3v) is 3.39. The fourth-order valence-corrected chi connectivity index (χ4v) is 2.21. The van der Waals surface area contributed by atoms with Crippen LogP contribution < -0.4 is 10.9 Å². The second kappa shape index (κ2) is 8.17. The molecular weight excluding hydrogens is 266 g/mol. The molecule has 0 saturated heterocycles. The summed E-state index contributed by atoms with van der Waals surface area (Å²) in [6.07, 6.45) is 6.43. The number of nitrogens with zero attached hydrogens (tertiary/aromatic N) is 2. The molecule has 0 bridgehead atoms. The summed E-state index contributed by atoms with van der Waals surface area (Å²) in [7, 11) is 0. The van der Waals surface area contributed by atoms with Crippen LogP contribution in [0, 0.1) is 0 Å². The molecule has 0 spiro atoms. The lowest BCUT2D eigenvalue weighted by molar-refractivity contribution is 0.292. The Labute approximate surface area is 127 Å². The van der Waals surface area contributed by atoms with Crippen LogP contribution in [-0.4, -0.2) is 28.0 Å². The second-order valence-corrected chi connectivity index (χ2v) is 6.39. The second-order valence-electron chi connectivity index (χ2n) is 6.39. The summed E-state index contributed by atoms with van der Waals surface area (Å²) in [5.74, 6) is 0. The van der Waals surface area contributed by atoms with Gasteiger partial charge in [0.1, 0.15) is 0 Å². The number of anilines is 1. The average Bonchev–Trinajstić information content (AvgIpc) is 2.40. The summed E-state index contributed by atoms with van der Waals surface area (Å²) in [4.78, 5) is 12.7. The lowest BCUT2D eigenvalue weighted by atomic mass is 10.1. The first kappa shape index (κ1) is 17.7. The lowest BCUT2D eigenvalue weighted by Crippen LogP contribution is -2.38. The molecule has 0 atom stereocenters. The molecule has 1 heterocycles. The fourth-order valence-electron chi connectivity index (χ4n) is 2.21. The third kappa shape index (κ3) is 5.16. The lowest BCUT2D eigenvalue weighted by Gasteiger charge is -2.22. The summed E-state index contributed by atoms with van der Waals surface area (Å²) in [6, 6.07) is 0. The zero-order valence-electron chi connectivity index (χ0n) is 13.8. The Kier molecular flexibility index (Phi) is 6.89. The number of nitrogens with one attached hydrogen (secondary N) is 1. The highest BCUT2D eigenvalue weighted by atomic mass is 16.3. The van der Waals surface area contributed by atoms with Crippen molar-refractivity contribution in [3.63, 3.8) is 0 Å². The van der Waals surface area contributed by atoms with Gasteiger partial charge in [0, 0.05) is 18.7 Å². The average molecular weight is 295 g/mol. The van der Waals surface area contributed by atoms with Crippen molar-refractivity contribution in [2.45, 2.75) is 65.3 Å². The van der Waals surface area contributed by atoms with Gasteiger partial charge in [0.2, 0.25) is 0 Å². The Morgan fingerprint density at radius 2 is 2.00 bits per heavy atom. The molecule has 2 N–H and O–H groups in total. The van der Waals surface area contributed by atoms with Crippen molar-refractivity contribution in [1.29, 1.82) is 0 Å². The van der Waals surface area contributed by atoms with Crippen LogP contribution in [0.25, 0.3) is 0 Å². The van der Waals surface area contributed by atoms with Crippen molar-refractivity contribution in [2.24, 2.45) is 0 Å². The van der Waals surface area contributed by atoms with Crippen molar-refractivity contribution >= 4 is 5.69 Å². The van der Waals surface area contributed by atoms with Crippen LogP contribution in [0.5, 0.6) is 0 Å². The fraction of sp³-hybridized carbons (Fsp3) is 0.750. The molecule has 0 unspecified atom stereocenters. The van der Waals surface area contributed by atoms with E-state index >= 15 is 0 Å². The van der Waals surface area contributed by atoms with Gasteiger partial charge in [-0.2, -0.15) is 5.10 Å². The van der Waals surface area contributed by atoms with Gasteiger partial charge in [-0.05, 0) is 40.0 Å². The number of aliphatic hydroxyl groups is 1. The molecule has 1 aromatic heterocycles. The summed E-state index contributed by atoms with van der Waals surface area (Å²) < 4.78 is 1.56. The first-order chi connectivity index (χ1) is 9.91. The largest absolute Gasteiger partial charge is 0.396 e. The van der Waals surface area contributed by atoms with Gasteiger partial charge >= 0.3 is 0 Å². The minimum Gasteiger partial charge on any atom is -0.396 e. The molecule has 0 aromatic carbocycles. The van der Waals surface area contributed by atoms with Gasteiger partial charge in [0.15, 0.2) is 0 Å². The van der Waals surface area contributed by atoms with Crippen LogP contribution in [0.15, 0.2) is 11.0 Å². The molecule has 5 heteroatoms. The van der Waals surface area contributed by atoms with E-state index in [0.29, 0.717) is 13.0 Å². The van der Waals surface area contributed by atoms with Crippen molar-refractivity contribution in [3.05, 3.63) is 22.1 Å². The maximum Gasteiger partial charge on any atom is 0.272 e. The van der Waals surface area contributed by atoms with Crippen LogP contribution >= 0.6 is 0 Å². The molecule has 120 valence electrons. The highest BCUT2D eigenvalue weighted by Crippen LogP contribution is 2.16. The molecular formula is C16H29N3O2. The van der Waals surface area contributed by atoms with Gasteiger partial charge in [0.05, 0.1) is 17.4 Å². The predicted octanol–water partition coefficient (Wildman–Crippen LogP) is 2.53. The highest BCUT2D eigenvalue weighted by Gasteiger charge is 2.19. The van der Waals surface area contributed by atoms with E-state index in [1.54, 1.807) is 10.9 Å². The molecule has 0 aliphatic carbocycles. The van der Waals surface area contributed by atoms with Crippen LogP contribution in [0.1, 0.15) is 58.9 Å². The number of hydrogen-bond acceptors (Lipinski definition) is 4. The van der Waals surface area contributed by atoms with Gasteiger partial charge in [-0.1, -0.05) is 19.8 Å². The quantitative estimate of drug-likeness (QED) is 0.723. The summed E-state index contributed by atoms with van der Waals surface area (Å²) in [6.45, 7) is 8.89. The van der Waals surface area contributed by atoms with Gasteiger partial charge in [-0.3, -0.25) is 4.79 Å². The molecule has 0 fully saturated rings. The highest BCUT2D eigenvalue weighted by molar-refractivity contribution is 5.48. The number of rotatable bonds is 8. The molecule has 5 nitrogen and oxygen atoms in total. The Balaban J connectivity index is 3.06. The van der Waals surface area contributed by atoms with Gasteiger partial charge in [-0.25, -0.2) is 4.68 Å². The normalized spacial score (nSPS) is 11.7. The SMILES string of the molecule is CCCCCc1c(NCCCO)cnn(C(C)(C)C)c1=O. The third-order valence-electron chi connectivity index (χ3n) is 3.39. The number of aliphatic hydroxyl groups excluding tert-OH is 1. The monoisotopic (exact) mass is 295 g/mol. The van der Waals surface area contributed by atoms with E-state index in [4.69, 9.17) is 5.11 Å². The van der Waals surface area contributed by atoms with E-state index in [1.165, 1.54) is 0 Å². The summed E-state index contributed by atoms with van der Waals surface area (Å²) in [5.41, 5.74) is 1.30. The van der Waals surface area contributed by atoms with Crippen LogP contribution in [0.3, 0.4) is 0 Å². The maximum absolute atomic E-state index is 12.7. The molecule has 0 aliphatic heterocycles. The van der Waals surface area contributed by atoms with Gasteiger partial charge in [-0.15, -0.1) is 0 Å². The first-order valence-corrected chi connectivity index (χ1v) is 7.88. The maximum atomic E-state index is 12.7. The van der Waals surface area contributed by atoms with E-state index in [0.717, 1.165) is 36.9 Å². The van der Waals surface area contributed by atoms with E-state index in [9.17, 15) is 4.79 Å². The molecule has 0 saturated carbocycles. The Morgan fingerprint density at radius 1 is 1.29 bits per heavy atom. The minimum absolute atomic E-state index is 0.00685. The molecule has 0 aliphatic rings. The van der Waals surface area contributed by atoms with Crippen LogP contribution in [0.2, 0.25) is 0 Å². The van der Waals surface area contributed by atoms with Crippen molar-refractivity contribution in [1.82, 2.24) is 9.78 Å². The topological polar surface area (TPSA) is 67.2 Å². The predicted molar refractivity (Wildman–Crippen MR) is 86.9 cm³/mol. The molecule has 0 radical (unpaired) electrons. The minimum atomic E-state index is -0.319. The first-order valence-electron chi connectivity index (χ1n) is 7.88. The van der Waals surface area contributed by atoms with E-state index in [-0.39, 0.29) is 17.7 Å². The van der Waals surface area contributed by atoms with Gasteiger partial charge < -0.3 is 10.4 Å². The molecule has 21 heavy (non-hydrogen) atoms. The number of unbranched alkanes of at least 4 members (excludes halogenated alkanes) is 2. The smallest absolute Gasteiger partial charge is 0.272 e. The van der Waals surface area contributed by atoms with E-state index in [2.05, 4.69) is 17.3 Å². The zero-order chi connectivity index (χ0) is 15.9. The Morgan fingerprint density at radius 3 is 2.57 bits per heavy atom. The standard InChI is InChI=1S/C16H29N3O2/c1-5-6-7-9-13-14(17-10-8-11-20)12-18-19(15(13)21)16(2,3)4/h12,17,20H,5-11H2,1-4H3. The molecule has 1 rings (SSSR count). The van der Waals surface area contributed by atoms with E-state index < -0.39 is 0 Å². The zero-order valence-corrected chi connectivity index (χ0v) is 13.8. The molecule has 1 aromatic rings. The van der Waals surface area contributed by atoms with Crippen molar-refractivity contribution in [3.8, 4) is 0 Å². The van der Waals surface area contributed by atoms with Crippen molar-refractivity contribution in [2.75, 3.05) is 18.5 Å². The van der Waals surface area contributed by atoms with Gasteiger partial charge in [0.25, 0.3) is 5.56 Å². The number of hydrogen-bond donors (Lipinski definition) is 2. The molecule has 0 amide bonds. The summed E-state index contributed by atoms with van der Waals surface area (Å²) >= 11 is 0. The number of aromatic nitrogens is 2. The Hall–Kier alpha value is -1.36. The Bertz CT molecular complexity index is 489.